The van der Waals surface area contributed by atoms with E-state index in [9.17, 15) is 9.59 Å². The molecule has 0 atom stereocenters. The topological polar surface area (TPSA) is 141 Å². The lowest BCUT2D eigenvalue weighted by atomic mass is 10.3. The molecule has 3 rings (SSSR count). The average Bonchev–Trinajstić information content (AvgIpc) is 2.51. The number of hydrogen-bond donors (Lipinski definition) is 3. The number of aromatic nitrogens is 4. The molecule has 0 spiro atoms. The molecule has 0 aromatic carbocycles. The molecule has 1 amide bonds. The van der Waals surface area contributed by atoms with Crippen LogP contribution in [0.15, 0.2) is 35.4 Å². The van der Waals surface area contributed by atoms with Crippen LogP contribution >= 0.6 is 23.2 Å². The highest BCUT2D eigenvalue weighted by Gasteiger charge is 2.06. The quantitative estimate of drug-likeness (QED) is 0.565. The average molecular weight is 353 g/mol. The minimum atomic E-state index is -0.676. The molecule has 3 aromatic rings. The van der Waals surface area contributed by atoms with Crippen molar-refractivity contribution in [2.24, 2.45) is 5.73 Å². The summed E-state index contributed by atoms with van der Waals surface area (Å²) in [5, 5.41) is 0.494. The summed E-state index contributed by atoms with van der Waals surface area (Å²) in [6.07, 6.45) is 1.33. The first-order valence-corrected chi connectivity index (χ1v) is 6.86. The van der Waals surface area contributed by atoms with Crippen LogP contribution in [0.3, 0.4) is 0 Å². The molecule has 5 N–H and O–H groups in total. The van der Waals surface area contributed by atoms with Gasteiger partial charge in [0.2, 0.25) is 0 Å². The molecule has 0 unspecified atom stereocenters. The Hall–Kier alpha value is -2.71. The minimum absolute atomic E-state index is 0.0116. The van der Waals surface area contributed by atoms with Crippen molar-refractivity contribution in [2.45, 2.75) is 0 Å². The normalized spacial score (nSPS) is 10.0. The lowest BCUT2D eigenvalue weighted by molar-refractivity contribution is 0.0996. The summed E-state index contributed by atoms with van der Waals surface area (Å²) in [6, 6.07) is 6.22. The molecule has 8 nitrogen and oxygen atoms in total. The van der Waals surface area contributed by atoms with E-state index in [4.69, 9.17) is 34.7 Å². The van der Waals surface area contributed by atoms with Gasteiger partial charge < -0.3 is 16.5 Å². The largest absolute Gasteiger partial charge is 0.397 e. The summed E-state index contributed by atoms with van der Waals surface area (Å²) in [4.78, 5) is 35.5. The Balaban J connectivity index is 0.000000168. The standard InChI is InChI=1S/C7H4ClN3O.C6H6ClN3O/c8-5-2-1-4-6(11-5)7(12)10-3-9-4;7-4-2-1-3(8)5(10-4)6(9)11/h1-3H,(H,9,10,12);1-2H,8H2,(H2,9,11). The van der Waals surface area contributed by atoms with E-state index in [1.54, 1.807) is 12.1 Å². The number of carbonyl (C=O) groups is 1. The van der Waals surface area contributed by atoms with Gasteiger partial charge in [0.25, 0.3) is 11.5 Å². The summed E-state index contributed by atoms with van der Waals surface area (Å²) in [6.45, 7) is 0. The zero-order valence-electron chi connectivity index (χ0n) is 11.5. The molecule has 3 heterocycles. The van der Waals surface area contributed by atoms with Crippen molar-refractivity contribution < 1.29 is 4.79 Å². The van der Waals surface area contributed by atoms with Gasteiger partial charge in [-0.05, 0) is 24.3 Å². The predicted molar refractivity (Wildman–Crippen MR) is 87.3 cm³/mol. The summed E-state index contributed by atoms with van der Waals surface area (Å²) < 4.78 is 0. The van der Waals surface area contributed by atoms with Crippen LogP contribution in [-0.4, -0.2) is 25.8 Å². The maximum Gasteiger partial charge on any atom is 0.277 e. The molecule has 0 aliphatic carbocycles. The van der Waals surface area contributed by atoms with Crippen molar-refractivity contribution in [1.29, 1.82) is 0 Å². The molecule has 0 aliphatic heterocycles. The second-order valence-electron chi connectivity index (χ2n) is 4.17. The number of nitrogens with zero attached hydrogens (tertiary/aromatic N) is 3. The number of nitrogen functional groups attached to an aromatic ring is 1. The number of aromatic amines is 1. The second kappa shape index (κ2) is 7.03. The van der Waals surface area contributed by atoms with Crippen LogP contribution in [-0.2, 0) is 0 Å². The van der Waals surface area contributed by atoms with Crippen LogP contribution in [0.1, 0.15) is 10.5 Å². The van der Waals surface area contributed by atoms with Gasteiger partial charge in [-0.25, -0.2) is 15.0 Å². The van der Waals surface area contributed by atoms with Gasteiger partial charge in [0, 0.05) is 0 Å². The number of hydrogen-bond acceptors (Lipinski definition) is 6. The van der Waals surface area contributed by atoms with Crippen LogP contribution in [0, 0.1) is 0 Å². The number of primary amides is 1. The van der Waals surface area contributed by atoms with E-state index in [1.807, 2.05) is 0 Å². The van der Waals surface area contributed by atoms with Crippen LogP contribution in [0.25, 0.3) is 11.0 Å². The first kappa shape index (κ1) is 16.7. The van der Waals surface area contributed by atoms with Gasteiger partial charge in [-0.1, -0.05) is 23.2 Å². The summed E-state index contributed by atoms with van der Waals surface area (Å²) in [7, 11) is 0. The van der Waals surface area contributed by atoms with Crippen molar-refractivity contribution in [1.82, 2.24) is 19.9 Å². The summed E-state index contributed by atoms with van der Waals surface area (Å²) in [5.41, 5.74) is 11.1. The third-order valence-corrected chi connectivity index (χ3v) is 3.00. The Bertz CT molecular complexity index is 928. The monoisotopic (exact) mass is 352 g/mol. The van der Waals surface area contributed by atoms with Gasteiger partial charge in [0.05, 0.1) is 17.5 Å². The second-order valence-corrected chi connectivity index (χ2v) is 4.94. The van der Waals surface area contributed by atoms with Crippen molar-refractivity contribution in [3.63, 3.8) is 0 Å². The molecule has 0 radical (unpaired) electrons. The van der Waals surface area contributed by atoms with Crippen LogP contribution in [0.5, 0.6) is 0 Å². The maximum absolute atomic E-state index is 11.1. The van der Waals surface area contributed by atoms with E-state index in [-0.39, 0.29) is 27.6 Å². The minimum Gasteiger partial charge on any atom is -0.397 e. The number of halogens is 2. The van der Waals surface area contributed by atoms with Gasteiger partial charge in [0.1, 0.15) is 10.3 Å². The fourth-order valence-corrected chi connectivity index (χ4v) is 1.87. The Morgan fingerprint density at radius 1 is 1.09 bits per heavy atom. The fourth-order valence-electron chi connectivity index (χ4n) is 1.57. The number of nitrogens with two attached hydrogens (primary N) is 2. The highest BCUT2D eigenvalue weighted by molar-refractivity contribution is 6.30. The first-order valence-electron chi connectivity index (χ1n) is 6.10. The molecule has 0 saturated carbocycles. The van der Waals surface area contributed by atoms with Gasteiger partial charge in [-0.15, -0.1) is 0 Å². The molecule has 23 heavy (non-hydrogen) atoms. The first-order chi connectivity index (χ1) is 10.9. The fraction of sp³-hybridized carbons (Fsp3) is 0. The number of H-pyrrole nitrogens is 1. The molecule has 10 heteroatoms. The Morgan fingerprint density at radius 2 is 1.74 bits per heavy atom. The Morgan fingerprint density at radius 3 is 2.39 bits per heavy atom. The number of anilines is 1. The summed E-state index contributed by atoms with van der Waals surface area (Å²) >= 11 is 11.1. The molecule has 3 aromatic heterocycles. The van der Waals surface area contributed by atoms with Crippen molar-refractivity contribution >= 4 is 45.8 Å². The number of carbonyl (C=O) groups excluding carboxylic acids is 1. The predicted octanol–water partition coefficient (Wildman–Crippen LogP) is 1.39. The van der Waals surface area contributed by atoms with Gasteiger partial charge in [-0.2, -0.15) is 0 Å². The van der Waals surface area contributed by atoms with E-state index >= 15 is 0 Å². The number of rotatable bonds is 1. The highest BCUT2D eigenvalue weighted by atomic mass is 35.5. The lowest BCUT2D eigenvalue weighted by Gasteiger charge is -1.98. The molecule has 118 valence electrons. The van der Waals surface area contributed by atoms with Crippen LogP contribution in [0.4, 0.5) is 5.69 Å². The molecule has 0 fully saturated rings. The van der Waals surface area contributed by atoms with E-state index in [0.717, 1.165) is 0 Å². The number of pyridine rings is 2. The molecular weight excluding hydrogens is 343 g/mol. The van der Waals surface area contributed by atoms with E-state index in [2.05, 4.69) is 19.9 Å². The van der Waals surface area contributed by atoms with Crippen LogP contribution in [0.2, 0.25) is 10.3 Å². The molecule has 0 bridgehead atoms. The molecule has 0 aliphatic rings. The zero-order valence-corrected chi connectivity index (χ0v) is 13.0. The van der Waals surface area contributed by atoms with Gasteiger partial charge in [-0.3, -0.25) is 9.59 Å². The van der Waals surface area contributed by atoms with Crippen molar-refractivity contribution in [2.75, 3.05) is 5.73 Å². The summed E-state index contributed by atoms with van der Waals surface area (Å²) in [5.74, 6) is -0.676. The van der Waals surface area contributed by atoms with E-state index in [0.29, 0.717) is 10.7 Å². The van der Waals surface area contributed by atoms with Crippen molar-refractivity contribution in [3.8, 4) is 0 Å². The van der Waals surface area contributed by atoms with E-state index < -0.39 is 5.91 Å². The molecular formula is C13H10Cl2N6O2. The Kier molecular flexibility index (Phi) is 5.09. The lowest BCUT2D eigenvalue weighted by Crippen LogP contribution is -2.15. The number of nitrogens with one attached hydrogen (secondary N) is 1. The van der Waals surface area contributed by atoms with Crippen molar-refractivity contribution in [3.05, 3.63) is 56.9 Å². The third kappa shape index (κ3) is 4.15. The SMILES string of the molecule is NC(=O)c1nc(Cl)ccc1N.O=c1[nH]cnc2ccc(Cl)nc12. The zero-order chi connectivity index (χ0) is 17.0. The van der Waals surface area contributed by atoms with Crippen LogP contribution < -0.4 is 17.0 Å². The molecule has 0 saturated heterocycles. The third-order valence-electron chi connectivity index (χ3n) is 2.58. The smallest absolute Gasteiger partial charge is 0.277 e. The van der Waals surface area contributed by atoms with Gasteiger partial charge in [0.15, 0.2) is 11.2 Å². The number of amides is 1. The maximum atomic E-state index is 11.1. The van der Waals surface area contributed by atoms with Gasteiger partial charge >= 0.3 is 0 Å². The number of fused-ring (bicyclic) bond motifs is 1. The Labute approximate surface area is 139 Å². The van der Waals surface area contributed by atoms with E-state index in [1.165, 1.54) is 18.5 Å². The highest BCUT2D eigenvalue weighted by Crippen LogP contribution is 2.12.